The van der Waals surface area contributed by atoms with E-state index in [1.807, 2.05) is 6.92 Å². The Hall–Kier alpha value is -1.83. The molecular formula is C13H12F4N2OS. The Bertz CT molecular complexity index is 607. The van der Waals surface area contributed by atoms with Crippen LogP contribution in [0.4, 0.5) is 22.7 Å². The highest BCUT2D eigenvalue weighted by molar-refractivity contribution is 7.15. The van der Waals surface area contributed by atoms with E-state index in [1.165, 1.54) is 17.5 Å². The third-order valence-corrected chi connectivity index (χ3v) is 3.44. The maximum absolute atomic E-state index is 13.4. The Morgan fingerprint density at radius 1 is 1.19 bits per heavy atom. The molecule has 114 valence electrons. The summed E-state index contributed by atoms with van der Waals surface area (Å²) >= 11 is 1.23. The summed E-state index contributed by atoms with van der Waals surface area (Å²) in [6.45, 7) is 2.50. The zero-order chi connectivity index (χ0) is 15.4. The zero-order valence-corrected chi connectivity index (χ0v) is 11.9. The quantitative estimate of drug-likeness (QED) is 0.643. The minimum absolute atomic E-state index is 0.136. The number of nitrogens with zero attached hydrogens (tertiary/aromatic N) is 1. The fourth-order valence-corrected chi connectivity index (χ4v) is 2.26. The van der Waals surface area contributed by atoms with Gasteiger partial charge in [-0.25, -0.2) is 13.8 Å². The van der Waals surface area contributed by atoms with E-state index < -0.39 is 29.0 Å². The highest BCUT2D eigenvalue weighted by Gasteiger charge is 2.20. The van der Waals surface area contributed by atoms with Crippen molar-refractivity contribution in [3.63, 3.8) is 0 Å². The maximum Gasteiger partial charge on any atom is 0.203 e. The monoisotopic (exact) mass is 320 g/mol. The van der Waals surface area contributed by atoms with E-state index in [0.29, 0.717) is 10.0 Å². The first-order chi connectivity index (χ1) is 10.0. The van der Waals surface area contributed by atoms with Crippen LogP contribution in [0, 0.1) is 23.3 Å². The Kier molecular flexibility index (Phi) is 5.00. The van der Waals surface area contributed by atoms with Gasteiger partial charge in [-0.2, -0.15) is 8.78 Å². The molecule has 2 rings (SSSR count). The van der Waals surface area contributed by atoms with Crippen LogP contribution in [0.3, 0.4) is 0 Å². The normalized spacial score (nSPS) is 10.7. The van der Waals surface area contributed by atoms with Gasteiger partial charge < -0.3 is 10.1 Å². The number of nitrogens with one attached hydrogen (secondary N) is 1. The largest absolute Gasteiger partial charge is 0.482 e. The van der Waals surface area contributed by atoms with E-state index in [9.17, 15) is 17.6 Å². The van der Waals surface area contributed by atoms with Crippen LogP contribution in [-0.2, 0) is 6.61 Å². The lowest BCUT2D eigenvalue weighted by Gasteiger charge is -2.08. The Morgan fingerprint density at radius 2 is 1.86 bits per heavy atom. The second-order valence-electron chi connectivity index (χ2n) is 4.14. The molecule has 0 aliphatic carbocycles. The van der Waals surface area contributed by atoms with Crippen molar-refractivity contribution in [1.82, 2.24) is 4.98 Å². The number of benzene rings is 1. The van der Waals surface area contributed by atoms with E-state index in [-0.39, 0.29) is 12.7 Å². The van der Waals surface area contributed by atoms with Gasteiger partial charge in [0.2, 0.25) is 11.6 Å². The van der Waals surface area contributed by atoms with Gasteiger partial charge in [-0.15, -0.1) is 0 Å². The van der Waals surface area contributed by atoms with Crippen LogP contribution >= 0.6 is 11.3 Å². The van der Waals surface area contributed by atoms with E-state index in [0.717, 1.165) is 13.0 Å². The fraction of sp³-hybridized carbons (Fsp3) is 0.308. The van der Waals surface area contributed by atoms with Gasteiger partial charge >= 0.3 is 0 Å². The number of hydrogen-bond acceptors (Lipinski definition) is 4. The molecule has 0 spiro atoms. The lowest BCUT2D eigenvalue weighted by atomic mass is 10.3. The molecule has 0 radical (unpaired) electrons. The lowest BCUT2D eigenvalue weighted by Crippen LogP contribution is -2.03. The van der Waals surface area contributed by atoms with E-state index in [1.54, 1.807) is 0 Å². The minimum Gasteiger partial charge on any atom is -0.482 e. The molecule has 3 nitrogen and oxygen atoms in total. The number of hydrogen-bond donors (Lipinski definition) is 1. The summed E-state index contributed by atoms with van der Waals surface area (Å²) in [6.07, 6.45) is 2.39. The topological polar surface area (TPSA) is 34.2 Å². The first-order valence-corrected chi connectivity index (χ1v) is 6.99. The average Bonchev–Trinajstić information content (AvgIpc) is 2.91. The highest BCUT2D eigenvalue weighted by atomic mass is 32.1. The second-order valence-corrected chi connectivity index (χ2v) is 5.26. The van der Waals surface area contributed by atoms with Gasteiger partial charge in [-0.3, -0.25) is 0 Å². The van der Waals surface area contributed by atoms with Crippen molar-refractivity contribution in [3.8, 4) is 5.75 Å². The number of aromatic nitrogens is 1. The molecule has 1 N–H and O–H groups in total. The van der Waals surface area contributed by atoms with Gasteiger partial charge in [0.1, 0.15) is 6.61 Å². The van der Waals surface area contributed by atoms with Crippen molar-refractivity contribution >= 4 is 16.5 Å². The van der Waals surface area contributed by atoms with Crippen molar-refractivity contribution in [2.24, 2.45) is 0 Å². The summed E-state index contributed by atoms with van der Waals surface area (Å²) in [5, 5.41) is 3.68. The summed E-state index contributed by atoms with van der Waals surface area (Å²) in [4.78, 5) is 4.60. The van der Waals surface area contributed by atoms with Crippen LogP contribution in [0.1, 0.15) is 18.2 Å². The van der Waals surface area contributed by atoms with Crippen LogP contribution in [0.2, 0.25) is 0 Å². The van der Waals surface area contributed by atoms with Crippen LogP contribution in [0.5, 0.6) is 5.75 Å². The van der Waals surface area contributed by atoms with E-state index in [4.69, 9.17) is 4.74 Å². The molecule has 0 bridgehead atoms. The van der Waals surface area contributed by atoms with Crippen LogP contribution in [0.25, 0.3) is 0 Å². The lowest BCUT2D eigenvalue weighted by molar-refractivity contribution is 0.264. The third kappa shape index (κ3) is 3.63. The van der Waals surface area contributed by atoms with E-state index >= 15 is 0 Å². The highest BCUT2D eigenvalue weighted by Crippen LogP contribution is 2.28. The van der Waals surface area contributed by atoms with Gasteiger partial charge in [0.05, 0.1) is 4.88 Å². The number of halogens is 4. The van der Waals surface area contributed by atoms with Crippen molar-refractivity contribution < 1.29 is 22.3 Å². The molecule has 0 atom stereocenters. The molecule has 0 saturated carbocycles. The van der Waals surface area contributed by atoms with Crippen LogP contribution in [0.15, 0.2) is 12.3 Å². The number of thiazole rings is 1. The smallest absolute Gasteiger partial charge is 0.203 e. The van der Waals surface area contributed by atoms with Crippen molar-refractivity contribution in [2.75, 3.05) is 11.9 Å². The first-order valence-electron chi connectivity index (χ1n) is 6.17. The van der Waals surface area contributed by atoms with Gasteiger partial charge in [0.25, 0.3) is 0 Å². The SMILES string of the molecule is CCCNc1ncc(COc2c(F)c(F)cc(F)c2F)s1. The van der Waals surface area contributed by atoms with Crippen LogP contribution < -0.4 is 10.1 Å². The van der Waals surface area contributed by atoms with Gasteiger partial charge in [-0.1, -0.05) is 18.3 Å². The van der Waals surface area contributed by atoms with Crippen LogP contribution in [-0.4, -0.2) is 11.5 Å². The second kappa shape index (κ2) is 6.75. The van der Waals surface area contributed by atoms with Crippen molar-refractivity contribution in [1.29, 1.82) is 0 Å². The summed E-state index contributed by atoms with van der Waals surface area (Å²) < 4.78 is 57.6. The van der Waals surface area contributed by atoms with Gasteiger partial charge in [0.15, 0.2) is 22.5 Å². The molecular weight excluding hydrogens is 308 g/mol. The molecule has 2 aromatic rings. The summed E-state index contributed by atoms with van der Waals surface area (Å²) in [5.74, 6) is -7.17. The molecule has 1 aromatic heterocycles. The summed E-state index contributed by atoms with van der Waals surface area (Å²) in [6, 6.07) is 0.136. The predicted molar refractivity (Wildman–Crippen MR) is 71.5 cm³/mol. The standard InChI is InChI=1S/C13H12F4N2OS/c1-2-3-18-13-19-5-7(21-13)6-20-12-10(16)8(14)4-9(15)11(12)17/h4-5H,2-3,6H2,1H3,(H,18,19). The molecule has 0 unspecified atom stereocenters. The molecule has 0 fully saturated rings. The van der Waals surface area contributed by atoms with Gasteiger partial charge in [-0.05, 0) is 6.42 Å². The van der Waals surface area contributed by atoms with E-state index in [2.05, 4.69) is 10.3 Å². The molecule has 8 heteroatoms. The summed E-state index contributed by atoms with van der Waals surface area (Å²) in [7, 11) is 0. The fourth-order valence-electron chi connectivity index (χ4n) is 1.51. The Balaban J connectivity index is 2.08. The Morgan fingerprint density at radius 3 is 2.48 bits per heavy atom. The number of ether oxygens (including phenoxy) is 1. The number of rotatable bonds is 6. The summed E-state index contributed by atoms with van der Waals surface area (Å²) in [5.41, 5.74) is 0. The molecule has 21 heavy (non-hydrogen) atoms. The number of anilines is 1. The molecule has 0 aliphatic heterocycles. The molecule has 0 aliphatic rings. The molecule has 0 amide bonds. The van der Waals surface area contributed by atoms with Crippen molar-refractivity contribution in [2.45, 2.75) is 20.0 Å². The first kappa shape index (κ1) is 15.6. The predicted octanol–water partition coefficient (Wildman–Crippen LogP) is 4.10. The Labute approximate surface area is 122 Å². The molecule has 1 heterocycles. The maximum atomic E-state index is 13.4. The van der Waals surface area contributed by atoms with Crippen molar-refractivity contribution in [3.05, 3.63) is 40.4 Å². The molecule has 0 saturated heterocycles. The minimum atomic E-state index is -1.55. The third-order valence-electron chi connectivity index (χ3n) is 2.51. The average molecular weight is 320 g/mol. The van der Waals surface area contributed by atoms with Gasteiger partial charge in [0, 0.05) is 18.8 Å². The zero-order valence-electron chi connectivity index (χ0n) is 11.1. The molecule has 1 aromatic carbocycles.